The summed E-state index contributed by atoms with van der Waals surface area (Å²) >= 11 is 0.939. The van der Waals surface area contributed by atoms with Gasteiger partial charge in [0.15, 0.2) is 6.61 Å². The largest absolute Gasteiger partial charge is 0.484 e. The normalized spacial score (nSPS) is 14.7. The van der Waals surface area contributed by atoms with Crippen molar-refractivity contribution in [2.24, 2.45) is 0 Å². The molecule has 6 nitrogen and oxygen atoms in total. The molecule has 1 aliphatic carbocycles. The molecule has 0 spiro atoms. The van der Waals surface area contributed by atoms with Crippen molar-refractivity contribution in [2.45, 2.75) is 44.9 Å². The van der Waals surface area contributed by atoms with E-state index in [0.717, 1.165) is 35.8 Å². The van der Waals surface area contributed by atoms with Crippen molar-refractivity contribution in [3.63, 3.8) is 0 Å². The Morgan fingerprint density at radius 2 is 1.88 bits per heavy atom. The van der Waals surface area contributed by atoms with E-state index in [1.165, 1.54) is 6.07 Å². The fourth-order valence-electron chi connectivity index (χ4n) is 3.32. The van der Waals surface area contributed by atoms with Gasteiger partial charge in [-0.1, -0.05) is 12.1 Å². The average molecular weight is 478 g/mol. The number of hydrogen-bond acceptors (Lipinski definition) is 5. The molecule has 2 aromatic heterocycles. The Kier molecular flexibility index (Phi) is 6.29. The molecular weight excluding hydrogens is 455 g/mol. The number of aromatic nitrogens is 1. The van der Waals surface area contributed by atoms with Gasteiger partial charge in [-0.3, -0.25) is 9.59 Å². The minimum Gasteiger partial charge on any atom is -0.484 e. The summed E-state index contributed by atoms with van der Waals surface area (Å²) in [5, 5.41) is 6.24. The van der Waals surface area contributed by atoms with E-state index in [0.29, 0.717) is 21.6 Å². The summed E-state index contributed by atoms with van der Waals surface area (Å²) in [5.74, 6) is 0.00139. The zero-order chi connectivity index (χ0) is 23.8. The number of benzene rings is 1. The Balaban J connectivity index is 1.40. The number of ether oxygens (including phenoxy) is 1. The van der Waals surface area contributed by atoms with Gasteiger partial charge in [-0.05, 0) is 62.1 Å². The topological polar surface area (TPSA) is 80.3 Å². The maximum Gasteiger partial charge on any atom is 0.433 e. The van der Waals surface area contributed by atoms with Crippen molar-refractivity contribution in [1.82, 2.24) is 15.6 Å². The number of amides is 2. The van der Waals surface area contributed by atoms with E-state index >= 15 is 0 Å². The van der Waals surface area contributed by atoms with Crippen LogP contribution in [0.5, 0.6) is 5.75 Å². The predicted octanol–water partition coefficient (Wildman–Crippen LogP) is 4.77. The first-order chi connectivity index (χ1) is 15.6. The molecule has 2 heterocycles. The van der Waals surface area contributed by atoms with Crippen molar-refractivity contribution >= 4 is 33.4 Å². The molecule has 0 radical (unpaired) electrons. The number of carbonyl (C=O) groups is 2. The molecule has 2 N–H and O–H groups in total. The highest BCUT2D eigenvalue weighted by molar-refractivity contribution is 7.20. The van der Waals surface area contributed by atoms with E-state index in [2.05, 4.69) is 15.6 Å². The summed E-state index contributed by atoms with van der Waals surface area (Å²) in [6.07, 6.45) is -2.52. The number of alkyl halides is 3. The molecule has 3 aromatic rings. The fourth-order valence-corrected chi connectivity index (χ4v) is 4.40. The monoisotopic (exact) mass is 477 g/mol. The molecule has 33 heavy (non-hydrogen) atoms. The van der Waals surface area contributed by atoms with Crippen LogP contribution in [-0.4, -0.2) is 29.4 Å². The van der Waals surface area contributed by atoms with Crippen LogP contribution in [0.4, 0.5) is 13.2 Å². The van der Waals surface area contributed by atoms with Gasteiger partial charge < -0.3 is 15.4 Å². The molecule has 2 amide bonds. The Labute approximate surface area is 192 Å². The standard InChI is InChI=1S/C23H22F3N3O3S/c1-12-17-9-10-18(23(24,25)26)29-22(17)33-20(12)21(31)27-13(2)14-3-7-16(8-4-14)32-11-19(30)28-15-5-6-15/h3-4,7-10,13,15H,5-6,11H2,1-2H3,(H,27,31)(H,28,30). The lowest BCUT2D eigenvalue weighted by molar-refractivity contribution is -0.140. The number of carbonyl (C=O) groups excluding carboxylic acids is 2. The van der Waals surface area contributed by atoms with Gasteiger partial charge in [0.25, 0.3) is 11.8 Å². The zero-order valence-corrected chi connectivity index (χ0v) is 18.8. The number of hydrogen-bond donors (Lipinski definition) is 2. The predicted molar refractivity (Wildman–Crippen MR) is 118 cm³/mol. The van der Waals surface area contributed by atoms with Gasteiger partial charge in [0.1, 0.15) is 16.3 Å². The van der Waals surface area contributed by atoms with Crippen LogP contribution < -0.4 is 15.4 Å². The first-order valence-electron chi connectivity index (χ1n) is 10.4. The van der Waals surface area contributed by atoms with Crippen molar-refractivity contribution in [3.05, 3.63) is 58.1 Å². The first-order valence-corrected chi connectivity index (χ1v) is 11.2. The van der Waals surface area contributed by atoms with Gasteiger partial charge in [-0.2, -0.15) is 13.2 Å². The van der Waals surface area contributed by atoms with Crippen molar-refractivity contribution in [3.8, 4) is 5.75 Å². The summed E-state index contributed by atoms with van der Waals surface area (Å²) in [6, 6.07) is 9.20. The second-order valence-corrected chi connectivity index (χ2v) is 9.00. The molecule has 1 fully saturated rings. The maximum atomic E-state index is 12.9. The number of rotatable bonds is 7. The van der Waals surface area contributed by atoms with Gasteiger partial charge in [0.05, 0.1) is 10.9 Å². The van der Waals surface area contributed by atoms with Crippen LogP contribution in [0.2, 0.25) is 0 Å². The van der Waals surface area contributed by atoms with Gasteiger partial charge >= 0.3 is 6.18 Å². The van der Waals surface area contributed by atoms with Gasteiger partial charge in [-0.25, -0.2) is 4.98 Å². The van der Waals surface area contributed by atoms with Crippen LogP contribution in [-0.2, 0) is 11.0 Å². The molecule has 0 bridgehead atoms. The average Bonchev–Trinajstić information content (AvgIpc) is 3.52. The summed E-state index contributed by atoms with van der Waals surface area (Å²) in [5.41, 5.74) is 0.424. The lowest BCUT2D eigenvalue weighted by Crippen LogP contribution is -2.30. The number of halogens is 3. The van der Waals surface area contributed by atoms with Crippen LogP contribution >= 0.6 is 11.3 Å². The summed E-state index contributed by atoms with van der Waals surface area (Å²) in [7, 11) is 0. The molecule has 1 unspecified atom stereocenters. The molecule has 1 aromatic carbocycles. The summed E-state index contributed by atoms with van der Waals surface area (Å²) in [4.78, 5) is 28.7. The van der Waals surface area contributed by atoms with E-state index in [4.69, 9.17) is 4.74 Å². The number of nitrogens with one attached hydrogen (secondary N) is 2. The third kappa shape index (κ3) is 5.44. The summed E-state index contributed by atoms with van der Waals surface area (Å²) in [6.45, 7) is 3.44. The Hall–Kier alpha value is -3.14. The van der Waals surface area contributed by atoms with Crippen LogP contribution in [0.15, 0.2) is 36.4 Å². The highest BCUT2D eigenvalue weighted by atomic mass is 32.1. The van der Waals surface area contributed by atoms with E-state index in [9.17, 15) is 22.8 Å². The van der Waals surface area contributed by atoms with Gasteiger partial charge in [0, 0.05) is 11.4 Å². The first kappa shape index (κ1) is 23.0. The van der Waals surface area contributed by atoms with E-state index < -0.39 is 11.9 Å². The molecule has 0 saturated heterocycles. The second-order valence-electron chi connectivity index (χ2n) is 8.00. The quantitative estimate of drug-likeness (QED) is 0.514. The third-order valence-electron chi connectivity index (χ3n) is 5.34. The van der Waals surface area contributed by atoms with Gasteiger partial charge in [-0.15, -0.1) is 11.3 Å². The molecule has 4 rings (SSSR count). The second kappa shape index (κ2) is 9.01. The number of nitrogens with zero attached hydrogens (tertiary/aromatic N) is 1. The Morgan fingerprint density at radius 1 is 1.18 bits per heavy atom. The number of thiophene rings is 1. The Bertz CT molecular complexity index is 1190. The lowest BCUT2D eigenvalue weighted by Gasteiger charge is -2.15. The van der Waals surface area contributed by atoms with Crippen LogP contribution in [0.25, 0.3) is 10.2 Å². The zero-order valence-electron chi connectivity index (χ0n) is 18.0. The number of pyridine rings is 1. The maximum absolute atomic E-state index is 12.9. The SMILES string of the molecule is Cc1c(C(=O)NC(C)c2ccc(OCC(=O)NC3CC3)cc2)sc2nc(C(F)(F)F)ccc12. The Morgan fingerprint density at radius 3 is 2.52 bits per heavy atom. The molecule has 1 atom stereocenters. The van der Waals surface area contributed by atoms with Crippen molar-refractivity contribution < 1.29 is 27.5 Å². The fraction of sp³-hybridized carbons (Fsp3) is 0.348. The molecule has 1 aliphatic rings. The van der Waals surface area contributed by atoms with Crippen molar-refractivity contribution in [1.29, 1.82) is 0 Å². The number of aryl methyl sites for hydroxylation is 1. The molecular formula is C23H22F3N3O3S. The molecule has 0 aliphatic heterocycles. The highest BCUT2D eigenvalue weighted by Gasteiger charge is 2.33. The highest BCUT2D eigenvalue weighted by Crippen LogP contribution is 2.34. The third-order valence-corrected chi connectivity index (χ3v) is 6.54. The molecule has 10 heteroatoms. The summed E-state index contributed by atoms with van der Waals surface area (Å²) < 4.78 is 44.3. The number of fused-ring (bicyclic) bond motifs is 1. The van der Waals surface area contributed by atoms with Crippen LogP contribution in [0.1, 0.15) is 52.3 Å². The molecule has 174 valence electrons. The minimum absolute atomic E-state index is 0.0581. The minimum atomic E-state index is -4.54. The smallest absolute Gasteiger partial charge is 0.433 e. The van der Waals surface area contributed by atoms with E-state index in [-0.39, 0.29) is 35.3 Å². The van der Waals surface area contributed by atoms with Crippen LogP contribution in [0, 0.1) is 6.92 Å². The lowest BCUT2D eigenvalue weighted by atomic mass is 10.1. The van der Waals surface area contributed by atoms with Crippen LogP contribution in [0.3, 0.4) is 0 Å². The molecule has 1 saturated carbocycles. The van der Waals surface area contributed by atoms with E-state index in [1.54, 1.807) is 38.1 Å². The van der Waals surface area contributed by atoms with E-state index in [1.807, 2.05) is 0 Å². The van der Waals surface area contributed by atoms with Gasteiger partial charge in [0.2, 0.25) is 0 Å². The van der Waals surface area contributed by atoms with Crippen molar-refractivity contribution in [2.75, 3.05) is 6.61 Å².